The van der Waals surface area contributed by atoms with E-state index in [1.807, 2.05) is 6.07 Å². The van der Waals surface area contributed by atoms with Crippen LogP contribution in [0.15, 0.2) is 60.1 Å². The van der Waals surface area contributed by atoms with Crippen LogP contribution in [0.25, 0.3) is 5.57 Å². The third kappa shape index (κ3) is 6.80. The number of dihydropyridines is 1. The summed E-state index contributed by atoms with van der Waals surface area (Å²) < 4.78 is 67.6. The number of allylic oxidation sites excluding steroid dienone is 2. The van der Waals surface area contributed by atoms with Gasteiger partial charge < -0.3 is 20.1 Å². The summed E-state index contributed by atoms with van der Waals surface area (Å²) in [5.41, 5.74) is 0.667. The highest BCUT2D eigenvalue weighted by atomic mass is 32.2. The smallest absolute Gasteiger partial charge is 0.232 e. The molecule has 3 aliphatic rings. The van der Waals surface area contributed by atoms with Gasteiger partial charge in [0.2, 0.25) is 21.7 Å². The van der Waals surface area contributed by atoms with Crippen LogP contribution in [0.5, 0.6) is 5.88 Å². The number of anilines is 1. The molecule has 1 atom stereocenters. The van der Waals surface area contributed by atoms with Crippen LogP contribution in [0.4, 0.5) is 14.5 Å². The summed E-state index contributed by atoms with van der Waals surface area (Å²) in [6.45, 7) is 6.52. The Bertz CT molecular complexity index is 1520. The molecule has 1 fully saturated rings. The summed E-state index contributed by atoms with van der Waals surface area (Å²) in [7, 11) is -3.85. The Balaban J connectivity index is 1.27. The lowest BCUT2D eigenvalue weighted by Crippen LogP contribution is -2.37. The van der Waals surface area contributed by atoms with E-state index in [9.17, 15) is 17.6 Å². The van der Waals surface area contributed by atoms with Crippen molar-refractivity contribution < 1.29 is 31.5 Å². The zero-order valence-corrected chi connectivity index (χ0v) is 24.0. The van der Waals surface area contributed by atoms with Crippen molar-refractivity contribution in [3.8, 4) is 5.88 Å². The van der Waals surface area contributed by atoms with E-state index in [0.29, 0.717) is 30.1 Å². The number of hydrogen-bond donors (Lipinski definition) is 3. The number of Topliss-reactive ketones (excluding diaryl/α,β-unsaturated/α-hetero) is 1. The van der Waals surface area contributed by atoms with Gasteiger partial charge in [-0.2, -0.15) is 0 Å². The second-order valence-electron chi connectivity index (χ2n) is 10.1. The molecule has 224 valence electrons. The number of carbonyl (C=O) groups is 1. The van der Waals surface area contributed by atoms with Gasteiger partial charge in [-0.05, 0) is 42.7 Å². The molecule has 3 aliphatic heterocycles. The third-order valence-corrected chi connectivity index (χ3v) is 8.55. The lowest BCUT2D eigenvalue weighted by atomic mass is 9.92. The molecule has 4 heterocycles. The molecule has 0 saturated carbocycles. The van der Waals surface area contributed by atoms with Crippen LogP contribution >= 0.6 is 0 Å². The number of benzene rings is 1. The van der Waals surface area contributed by atoms with E-state index < -0.39 is 44.9 Å². The van der Waals surface area contributed by atoms with Crippen LogP contribution in [0.1, 0.15) is 35.7 Å². The van der Waals surface area contributed by atoms with Crippen molar-refractivity contribution in [3.63, 3.8) is 0 Å². The maximum Gasteiger partial charge on any atom is 0.232 e. The Hall–Kier alpha value is -3.81. The molecule has 1 unspecified atom stereocenters. The van der Waals surface area contributed by atoms with Crippen LogP contribution in [-0.2, 0) is 14.8 Å². The van der Waals surface area contributed by atoms with Gasteiger partial charge >= 0.3 is 0 Å². The first kappa shape index (κ1) is 29.7. The number of nitrogens with zero attached hydrogens (tertiary/aromatic N) is 2. The molecule has 5 rings (SSSR count). The van der Waals surface area contributed by atoms with Crippen LogP contribution in [0, 0.1) is 11.6 Å². The average molecular weight is 602 g/mol. The first-order valence-corrected chi connectivity index (χ1v) is 15.5. The minimum Gasteiger partial charge on any atom is -0.478 e. The highest BCUT2D eigenvalue weighted by Gasteiger charge is 2.33. The second kappa shape index (κ2) is 13.0. The minimum atomic E-state index is -3.85. The monoisotopic (exact) mass is 601 g/mol. The molecule has 0 bridgehead atoms. The molecular formula is C29H33F2N5O5S. The van der Waals surface area contributed by atoms with Gasteiger partial charge in [0.25, 0.3) is 0 Å². The zero-order valence-electron chi connectivity index (χ0n) is 23.2. The number of carbonyl (C=O) groups excluding carboxylic acids is 1. The summed E-state index contributed by atoms with van der Waals surface area (Å²) in [6.07, 6.45) is 7.24. The van der Waals surface area contributed by atoms with Crippen molar-refractivity contribution in [1.29, 1.82) is 0 Å². The van der Waals surface area contributed by atoms with E-state index in [4.69, 9.17) is 9.47 Å². The molecule has 1 aromatic heterocycles. The van der Waals surface area contributed by atoms with Gasteiger partial charge in [0.15, 0.2) is 5.82 Å². The third-order valence-electron chi connectivity index (χ3n) is 7.08. The molecule has 1 saturated heterocycles. The van der Waals surface area contributed by atoms with Crippen LogP contribution in [0.2, 0.25) is 0 Å². The average Bonchev–Trinajstić information content (AvgIpc) is 3.41. The summed E-state index contributed by atoms with van der Waals surface area (Å²) in [5.74, 6) is -3.02. The number of halogens is 2. The number of ketones is 1. The number of fused-ring (bicyclic) bond motifs is 1. The van der Waals surface area contributed by atoms with Crippen LogP contribution in [0.3, 0.4) is 0 Å². The summed E-state index contributed by atoms with van der Waals surface area (Å²) in [4.78, 5) is 20.1. The number of rotatable bonds is 12. The van der Waals surface area contributed by atoms with Crippen LogP contribution < -0.4 is 20.1 Å². The molecular weight excluding hydrogens is 568 g/mol. The lowest BCUT2D eigenvalue weighted by Gasteiger charge is -2.26. The predicted molar refractivity (Wildman–Crippen MR) is 154 cm³/mol. The molecule has 3 N–H and O–H groups in total. The van der Waals surface area contributed by atoms with Gasteiger partial charge in [0.05, 0.1) is 36.8 Å². The number of pyridine rings is 1. The van der Waals surface area contributed by atoms with Crippen molar-refractivity contribution in [2.75, 3.05) is 49.9 Å². The zero-order chi connectivity index (χ0) is 29.7. The maximum atomic E-state index is 15.3. The highest BCUT2D eigenvalue weighted by molar-refractivity contribution is 7.92. The lowest BCUT2D eigenvalue weighted by molar-refractivity contribution is 0.0357. The van der Waals surface area contributed by atoms with E-state index in [2.05, 4.69) is 25.2 Å². The summed E-state index contributed by atoms with van der Waals surface area (Å²) >= 11 is 0. The number of hydrogen-bond acceptors (Lipinski definition) is 9. The van der Waals surface area contributed by atoms with Gasteiger partial charge in [-0.3, -0.25) is 14.4 Å². The number of aromatic nitrogens is 1. The minimum absolute atomic E-state index is 0.0534. The molecule has 0 aliphatic carbocycles. The largest absolute Gasteiger partial charge is 0.478 e. The summed E-state index contributed by atoms with van der Waals surface area (Å²) in [5, 5.41) is 6.13. The fourth-order valence-electron chi connectivity index (χ4n) is 4.93. The molecule has 1 aromatic carbocycles. The molecule has 10 nitrogen and oxygen atoms in total. The number of ether oxygens (including phenoxy) is 2. The Morgan fingerprint density at radius 3 is 2.69 bits per heavy atom. The standard InChI is InChI=1S/C29H33F2N5O5S/c1-2-14-42(38,39)35-24-6-5-23(30)26(27(24)31)28(37)22-18-34-29-21(22)15-20(17-33-29)19-4-7-25(32-16-19)41-11-3-8-36-9-12-40-13-10-36/h4-7,15-18,29,33-35H,2-3,8-14H2,1H3. The van der Waals surface area contributed by atoms with Crippen molar-refractivity contribution >= 4 is 27.1 Å². The van der Waals surface area contributed by atoms with Crippen molar-refractivity contribution in [1.82, 2.24) is 20.5 Å². The Kier molecular flexibility index (Phi) is 9.19. The SMILES string of the molecule is CCCS(=O)(=O)Nc1ccc(F)c(C(=O)C2=CNC3NC=C(c4ccc(OCCCN5CCOCC5)nc4)C=C23)c1F. The summed E-state index contributed by atoms with van der Waals surface area (Å²) in [6, 6.07) is 5.44. The Morgan fingerprint density at radius 2 is 1.95 bits per heavy atom. The highest BCUT2D eigenvalue weighted by Crippen LogP contribution is 2.33. The van der Waals surface area contributed by atoms with Gasteiger partial charge in [0, 0.05) is 61.0 Å². The topological polar surface area (TPSA) is 122 Å². The molecule has 0 amide bonds. The van der Waals surface area contributed by atoms with E-state index >= 15 is 4.39 Å². The molecule has 42 heavy (non-hydrogen) atoms. The number of morpholine rings is 1. The Morgan fingerprint density at radius 1 is 1.17 bits per heavy atom. The van der Waals surface area contributed by atoms with Gasteiger partial charge in [-0.1, -0.05) is 6.92 Å². The quantitative estimate of drug-likeness (QED) is 0.249. The molecule has 13 heteroatoms. The number of nitrogens with one attached hydrogen (secondary N) is 3. The van der Waals surface area contributed by atoms with Crippen LogP contribution in [-0.4, -0.2) is 75.5 Å². The first-order chi connectivity index (χ1) is 20.3. The molecule has 0 spiro atoms. The Labute approximate surface area is 243 Å². The second-order valence-corrected chi connectivity index (χ2v) is 11.9. The van der Waals surface area contributed by atoms with Gasteiger partial charge in [-0.25, -0.2) is 22.2 Å². The normalized spacial score (nSPS) is 18.6. The van der Waals surface area contributed by atoms with Crippen molar-refractivity contribution in [3.05, 3.63) is 82.8 Å². The fraction of sp³-hybridized carbons (Fsp3) is 0.379. The first-order valence-electron chi connectivity index (χ1n) is 13.8. The number of sulfonamides is 1. The predicted octanol–water partition coefficient (Wildman–Crippen LogP) is 3.18. The van der Waals surface area contributed by atoms with Gasteiger partial charge in [-0.15, -0.1) is 0 Å². The maximum absolute atomic E-state index is 15.3. The van der Waals surface area contributed by atoms with E-state index in [0.717, 1.165) is 57.0 Å². The molecule has 2 aromatic rings. The fourth-order valence-corrected chi connectivity index (χ4v) is 6.06. The van der Waals surface area contributed by atoms with E-state index in [-0.39, 0.29) is 11.3 Å². The van der Waals surface area contributed by atoms with Gasteiger partial charge in [0.1, 0.15) is 12.0 Å². The van der Waals surface area contributed by atoms with Crippen molar-refractivity contribution in [2.24, 2.45) is 0 Å². The molecule has 0 radical (unpaired) electrons. The van der Waals surface area contributed by atoms with E-state index in [1.54, 1.807) is 31.5 Å². The van der Waals surface area contributed by atoms with E-state index in [1.165, 1.54) is 6.20 Å². The van der Waals surface area contributed by atoms with Crippen molar-refractivity contribution in [2.45, 2.75) is 25.9 Å².